The summed E-state index contributed by atoms with van der Waals surface area (Å²) >= 11 is 0. The number of piperidine rings is 2. The number of rotatable bonds is 3. The van der Waals surface area contributed by atoms with Crippen molar-refractivity contribution in [2.45, 2.75) is 31.7 Å². The predicted octanol–water partition coefficient (Wildman–Crippen LogP) is 4.19. The maximum absolute atomic E-state index is 13.3. The van der Waals surface area contributed by atoms with Crippen LogP contribution in [0.2, 0.25) is 0 Å². The molecular weight excluding hydrogens is 311 g/mol. The van der Waals surface area contributed by atoms with E-state index in [1.165, 1.54) is 30.4 Å². The first kappa shape index (κ1) is 16.7. The van der Waals surface area contributed by atoms with Crippen LogP contribution in [0.1, 0.15) is 36.3 Å². The van der Waals surface area contributed by atoms with Crippen molar-refractivity contribution in [3.8, 4) is 0 Å². The Hall–Kier alpha value is -1.71. The van der Waals surface area contributed by atoms with Gasteiger partial charge in [0.2, 0.25) is 0 Å². The van der Waals surface area contributed by atoms with Crippen LogP contribution in [-0.2, 0) is 6.54 Å². The van der Waals surface area contributed by atoms with E-state index in [-0.39, 0.29) is 5.82 Å². The zero-order valence-electron chi connectivity index (χ0n) is 14.8. The molecule has 2 nitrogen and oxygen atoms in total. The van der Waals surface area contributed by atoms with Gasteiger partial charge in [-0.2, -0.15) is 0 Å². The summed E-state index contributed by atoms with van der Waals surface area (Å²) in [5, 5.41) is 3.56. The maximum atomic E-state index is 13.3. The third-order valence-electron chi connectivity index (χ3n) is 6.26. The number of nitrogens with one attached hydrogen (secondary N) is 1. The number of hydrogen-bond acceptors (Lipinski definition) is 2. The molecular formula is C22H27FN2. The van der Waals surface area contributed by atoms with Crippen LogP contribution in [0.3, 0.4) is 0 Å². The molecule has 2 aliphatic heterocycles. The minimum Gasteiger partial charge on any atom is -0.316 e. The fourth-order valence-electron chi connectivity index (χ4n) is 4.74. The summed E-state index contributed by atoms with van der Waals surface area (Å²) in [6.45, 7) is 5.50. The minimum atomic E-state index is -0.140. The molecule has 2 aliphatic rings. The highest BCUT2D eigenvalue weighted by atomic mass is 19.1. The van der Waals surface area contributed by atoms with Crippen LogP contribution in [0.25, 0.3) is 0 Å². The van der Waals surface area contributed by atoms with E-state index in [1.807, 2.05) is 12.1 Å². The quantitative estimate of drug-likeness (QED) is 0.903. The Kier molecular flexibility index (Phi) is 4.87. The van der Waals surface area contributed by atoms with Gasteiger partial charge in [-0.15, -0.1) is 0 Å². The number of likely N-dealkylation sites (tertiary alicyclic amines) is 1. The molecule has 25 heavy (non-hydrogen) atoms. The Morgan fingerprint density at radius 2 is 1.68 bits per heavy atom. The van der Waals surface area contributed by atoms with Crippen LogP contribution in [0, 0.1) is 11.2 Å². The second-order valence-electron chi connectivity index (χ2n) is 7.68. The highest BCUT2D eigenvalue weighted by Crippen LogP contribution is 2.48. The SMILES string of the molecule is Fc1ccc(C2CNCCC23CCN(Cc2ccccc2)CC3)cc1. The van der Waals surface area contributed by atoms with E-state index in [0.717, 1.165) is 32.7 Å². The van der Waals surface area contributed by atoms with Gasteiger partial charge < -0.3 is 5.32 Å². The molecule has 0 aliphatic carbocycles. The zero-order chi connectivity index (χ0) is 17.1. The second-order valence-corrected chi connectivity index (χ2v) is 7.68. The molecule has 1 N–H and O–H groups in total. The van der Waals surface area contributed by atoms with Crippen LogP contribution in [0.15, 0.2) is 54.6 Å². The predicted molar refractivity (Wildman–Crippen MR) is 100 cm³/mol. The number of nitrogens with zero attached hydrogens (tertiary/aromatic N) is 1. The normalized spacial score (nSPS) is 23.6. The summed E-state index contributed by atoms with van der Waals surface area (Å²) in [4.78, 5) is 2.59. The van der Waals surface area contributed by atoms with Gasteiger partial charge >= 0.3 is 0 Å². The van der Waals surface area contributed by atoms with E-state index in [2.05, 4.69) is 40.5 Å². The molecule has 132 valence electrons. The van der Waals surface area contributed by atoms with Gasteiger partial charge in [-0.3, -0.25) is 4.90 Å². The zero-order valence-corrected chi connectivity index (χ0v) is 14.8. The lowest BCUT2D eigenvalue weighted by atomic mass is 9.63. The molecule has 1 spiro atoms. The van der Waals surface area contributed by atoms with E-state index >= 15 is 0 Å². The van der Waals surface area contributed by atoms with Gasteiger partial charge in [-0.25, -0.2) is 4.39 Å². The van der Waals surface area contributed by atoms with Gasteiger partial charge in [0.15, 0.2) is 0 Å². The van der Waals surface area contributed by atoms with E-state index in [0.29, 0.717) is 11.3 Å². The van der Waals surface area contributed by atoms with Gasteiger partial charge in [-0.1, -0.05) is 42.5 Å². The van der Waals surface area contributed by atoms with Crippen molar-refractivity contribution in [3.05, 3.63) is 71.5 Å². The average Bonchev–Trinajstić information content (AvgIpc) is 2.66. The summed E-state index contributed by atoms with van der Waals surface area (Å²) in [6.07, 6.45) is 3.71. The number of halogens is 1. The molecule has 2 fully saturated rings. The highest BCUT2D eigenvalue weighted by Gasteiger charge is 2.43. The van der Waals surface area contributed by atoms with Crippen molar-refractivity contribution in [3.63, 3.8) is 0 Å². The van der Waals surface area contributed by atoms with Gasteiger partial charge in [0.1, 0.15) is 5.82 Å². The third-order valence-corrected chi connectivity index (χ3v) is 6.26. The van der Waals surface area contributed by atoms with Crippen LogP contribution in [-0.4, -0.2) is 31.1 Å². The van der Waals surface area contributed by atoms with E-state index < -0.39 is 0 Å². The average molecular weight is 338 g/mol. The van der Waals surface area contributed by atoms with Gasteiger partial charge in [0.05, 0.1) is 0 Å². The molecule has 0 saturated carbocycles. The minimum absolute atomic E-state index is 0.140. The topological polar surface area (TPSA) is 15.3 Å². The maximum Gasteiger partial charge on any atom is 0.123 e. The van der Waals surface area contributed by atoms with Gasteiger partial charge in [0.25, 0.3) is 0 Å². The van der Waals surface area contributed by atoms with Crippen LogP contribution in [0.5, 0.6) is 0 Å². The number of hydrogen-bond donors (Lipinski definition) is 1. The first-order valence-electron chi connectivity index (χ1n) is 9.48. The van der Waals surface area contributed by atoms with Crippen LogP contribution in [0.4, 0.5) is 4.39 Å². The van der Waals surface area contributed by atoms with Gasteiger partial charge in [-0.05, 0) is 67.6 Å². The molecule has 1 atom stereocenters. The summed E-state index contributed by atoms with van der Waals surface area (Å²) in [7, 11) is 0. The molecule has 4 rings (SSSR count). The van der Waals surface area contributed by atoms with Crippen LogP contribution >= 0.6 is 0 Å². The Balaban J connectivity index is 1.46. The Morgan fingerprint density at radius 3 is 2.40 bits per heavy atom. The van der Waals surface area contributed by atoms with Crippen molar-refractivity contribution in [2.24, 2.45) is 5.41 Å². The molecule has 1 unspecified atom stereocenters. The number of benzene rings is 2. The monoisotopic (exact) mass is 338 g/mol. The molecule has 0 amide bonds. The fraction of sp³-hybridized carbons (Fsp3) is 0.455. The van der Waals surface area contributed by atoms with Crippen molar-refractivity contribution in [1.82, 2.24) is 10.2 Å². The lowest BCUT2D eigenvalue weighted by Crippen LogP contribution is -2.49. The van der Waals surface area contributed by atoms with E-state index in [1.54, 1.807) is 12.1 Å². The molecule has 2 saturated heterocycles. The molecule has 2 aromatic rings. The Labute approximate surface area is 150 Å². The molecule has 2 aromatic carbocycles. The van der Waals surface area contributed by atoms with Crippen LogP contribution < -0.4 is 5.32 Å². The molecule has 2 heterocycles. The van der Waals surface area contributed by atoms with Gasteiger partial charge in [0, 0.05) is 19.0 Å². The molecule has 0 radical (unpaired) electrons. The highest BCUT2D eigenvalue weighted by molar-refractivity contribution is 5.25. The second kappa shape index (κ2) is 7.27. The van der Waals surface area contributed by atoms with E-state index in [9.17, 15) is 4.39 Å². The Morgan fingerprint density at radius 1 is 0.960 bits per heavy atom. The van der Waals surface area contributed by atoms with E-state index in [4.69, 9.17) is 0 Å². The summed E-state index contributed by atoms with van der Waals surface area (Å²) in [5.74, 6) is 0.361. The fourth-order valence-corrected chi connectivity index (χ4v) is 4.74. The molecule has 0 aromatic heterocycles. The lowest BCUT2D eigenvalue weighted by Gasteiger charge is -2.50. The standard InChI is InChI=1S/C22H27FN2/c23-20-8-6-19(7-9-20)21-16-24-13-10-22(21)11-14-25(15-12-22)17-18-4-2-1-3-5-18/h1-9,21,24H,10-17H2. The summed E-state index contributed by atoms with van der Waals surface area (Å²) in [5.41, 5.74) is 3.07. The van der Waals surface area contributed by atoms with Crippen molar-refractivity contribution >= 4 is 0 Å². The summed E-state index contributed by atoms with van der Waals surface area (Å²) in [6, 6.07) is 18.0. The van der Waals surface area contributed by atoms with Crippen molar-refractivity contribution in [1.29, 1.82) is 0 Å². The Bertz CT molecular complexity index is 675. The van der Waals surface area contributed by atoms with Crippen molar-refractivity contribution < 1.29 is 4.39 Å². The largest absolute Gasteiger partial charge is 0.316 e. The third kappa shape index (κ3) is 3.63. The lowest BCUT2D eigenvalue weighted by molar-refractivity contribution is 0.0505. The first-order chi connectivity index (χ1) is 12.3. The molecule has 3 heteroatoms. The smallest absolute Gasteiger partial charge is 0.123 e. The molecule has 0 bridgehead atoms. The van der Waals surface area contributed by atoms with Crippen molar-refractivity contribution in [2.75, 3.05) is 26.2 Å². The first-order valence-corrected chi connectivity index (χ1v) is 9.48. The summed E-state index contributed by atoms with van der Waals surface area (Å²) < 4.78 is 13.3.